The van der Waals surface area contributed by atoms with Crippen molar-refractivity contribution < 1.29 is 14.7 Å². The van der Waals surface area contributed by atoms with E-state index in [4.69, 9.17) is 16.7 Å². The maximum absolute atomic E-state index is 12.5. The molecule has 1 aromatic heterocycles. The van der Waals surface area contributed by atoms with Gasteiger partial charge in [-0.3, -0.25) is 9.59 Å². The second-order valence-electron chi connectivity index (χ2n) is 4.93. The number of benzene rings is 1. The van der Waals surface area contributed by atoms with Crippen LogP contribution in [0.2, 0.25) is 5.02 Å². The molecule has 0 saturated carbocycles. The van der Waals surface area contributed by atoms with Gasteiger partial charge in [0.15, 0.2) is 0 Å². The molecule has 112 valence electrons. The van der Waals surface area contributed by atoms with E-state index in [1.165, 1.54) is 11.9 Å². The minimum absolute atomic E-state index is 0.302. The van der Waals surface area contributed by atoms with Gasteiger partial charge in [0.25, 0.3) is 5.91 Å². The summed E-state index contributed by atoms with van der Waals surface area (Å²) in [4.78, 5) is 24.5. The van der Waals surface area contributed by atoms with E-state index in [2.05, 4.69) is 0 Å². The van der Waals surface area contributed by atoms with Crippen LogP contribution in [0.3, 0.4) is 0 Å². The number of rotatable bonds is 4. The number of carboxylic acids is 1. The molecule has 0 atom stereocenters. The molecule has 0 saturated heterocycles. The molecule has 21 heavy (non-hydrogen) atoms. The number of aromatic nitrogens is 1. The Morgan fingerprint density at radius 1 is 1.38 bits per heavy atom. The van der Waals surface area contributed by atoms with Gasteiger partial charge in [0.1, 0.15) is 12.2 Å². The number of carbonyl (C=O) groups excluding carboxylic acids is 1. The first-order valence-corrected chi connectivity index (χ1v) is 7.00. The molecule has 2 rings (SSSR count). The van der Waals surface area contributed by atoms with E-state index < -0.39 is 5.97 Å². The third kappa shape index (κ3) is 2.74. The summed E-state index contributed by atoms with van der Waals surface area (Å²) < 4.78 is 1.89. The predicted molar refractivity (Wildman–Crippen MR) is 82.0 cm³/mol. The molecular formula is C15H17ClN2O3. The van der Waals surface area contributed by atoms with Gasteiger partial charge in [-0.15, -0.1) is 0 Å². The molecule has 1 N–H and O–H groups in total. The molecule has 1 aromatic carbocycles. The molecule has 1 amide bonds. The van der Waals surface area contributed by atoms with E-state index in [0.717, 1.165) is 16.5 Å². The third-order valence-electron chi connectivity index (χ3n) is 3.52. The maximum Gasteiger partial charge on any atom is 0.323 e. The number of halogens is 1. The first kappa shape index (κ1) is 15.4. The highest BCUT2D eigenvalue weighted by molar-refractivity contribution is 6.31. The molecule has 5 nitrogen and oxygen atoms in total. The largest absolute Gasteiger partial charge is 0.480 e. The first-order chi connectivity index (χ1) is 9.86. The molecule has 0 spiro atoms. The van der Waals surface area contributed by atoms with Crippen molar-refractivity contribution >= 4 is 34.4 Å². The van der Waals surface area contributed by atoms with Crippen molar-refractivity contribution in [1.82, 2.24) is 9.47 Å². The zero-order chi connectivity index (χ0) is 15.7. The summed E-state index contributed by atoms with van der Waals surface area (Å²) in [6.45, 7) is 4.09. The van der Waals surface area contributed by atoms with Crippen molar-refractivity contribution in [1.29, 1.82) is 0 Å². The zero-order valence-electron chi connectivity index (χ0n) is 12.2. The average Bonchev–Trinajstić information content (AvgIpc) is 2.69. The molecule has 1 heterocycles. The molecule has 6 heteroatoms. The minimum Gasteiger partial charge on any atom is -0.480 e. The molecular weight excluding hydrogens is 292 g/mol. The lowest BCUT2D eigenvalue weighted by Crippen LogP contribution is -2.33. The summed E-state index contributed by atoms with van der Waals surface area (Å²) in [6, 6.07) is 5.49. The third-order valence-corrected chi connectivity index (χ3v) is 3.75. The van der Waals surface area contributed by atoms with Crippen LogP contribution in [0.4, 0.5) is 0 Å². The number of likely N-dealkylation sites (N-methyl/N-ethyl adjacent to an activating group) is 1. The van der Waals surface area contributed by atoms with E-state index in [9.17, 15) is 9.59 Å². The summed E-state index contributed by atoms with van der Waals surface area (Å²) in [7, 11) is 1.49. The smallest absolute Gasteiger partial charge is 0.323 e. The molecule has 0 bridgehead atoms. The highest BCUT2D eigenvalue weighted by Gasteiger charge is 2.23. The summed E-state index contributed by atoms with van der Waals surface area (Å²) in [5.74, 6) is -1.34. The fraction of sp³-hybridized carbons (Fsp3) is 0.333. The van der Waals surface area contributed by atoms with Gasteiger partial charge in [-0.05, 0) is 37.6 Å². The number of nitrogens with zero attached hydrogens (tertiary/aromatic N) is 2. The lowest BCUT2D eigenvalue weighted by atomic mass is 10.1. The molecule has 0 radical (unpaired) electrons. The number of fused-ring (bicyclic) bond motifs is 1. The summed E-state index contributed by atoms with van der Waals surface area (Å²) >= 11 is 6.02. The second kappa shape index (κ2) is 5.77. The van der Waals surface area contributed by atoms with Crippen LogP contribution in [0.5, 0.6) is 0 Å². The van der Waals surface area contributed by atoms with Crippen LogP contribution in [0, 0.1) is 6.92 Å². The quantitative estimate of drug-likeness (QED) is 0.944. The Morgan fingerprint density at radius 2 is 2.05 bits per heavy atom. The second-order valence-corrected chi connectivity index (χ2v) is 5.37. The van der Waals surface area contributed by atoms with E-state index in [-0.39, 0.29) is 12.5 Å². The van der Waals surface area contributed by atoms with Gasteiger partial charge in [0, 0.05) is 29.5 Å². The van der Waals surface area contributed by atoms with Gasteiger partial charge in [-0.25, -0.2) is 0 Å². The highest BCUT2D eigenvalue weighted by atomic mass is 35.5. The molecule has 0 aliphatic rings. The minimum atomic E-state index is -1.04. The number of carbonyl (C=O) groups is 2. The number of aryl methyl sites for hydroxylation is 2. The fourth-order valence-corrected chi connectivity index (χ4v) is 2.73. The van der Waals surface area contributed by atoms with E-state index in [1.807, 2.05) is 30.5 Å². The van der Waals surface area contributed by atoms with Crippen molar-refractivity contribution in [2.75, 3.05) is 13.6 Å². The summed E-state index contributed by atoms with van der Waals surface area (Å²) in [5.41, 5.74) is 2.25. The van der Waals surface area contributed by atoms with Crippen molar-refractivity contribution in [3.63, 3.8) is 0 Å². The van der Waals surface area contributed by atoms with Crippen molar-refractivity contribution in [2.45, 2.75) is 20.4 Å². The van der Waals surface area contributed by atoms with Crippen LogP contribution in [0.15, 0.2) is 18.2 Å². The Labute approximate surface area is 127 Å². The van der Waals surface area contributed by atoms with E-state index in [1.54, 1.807) is 6.07 Å². The molecule has 0 aliphatic carbocycles. The van der Waals surface area contributed by atoms with Gasteiger partial charge in [0.2, 0.25) is 0 Å². The van der Waals surface area contributed by atoms with Crippen molar-refractivity contribution in [3.05, 3.63) is 34.5 Å². The zero-order valence-corrected chi connectivity index (χ0v) is 12.9. The monoisotopic (exact) mass is 308 g/mol. The fourth-order valence-electron chi connectivity index (χ4n) is 2.55. The lowest BCUT2D eigenvalue weighted by molar-refractivity contribution is -0.137. The number of hydrogen-bond donors (Lipinski definition) is 1. The number of amides is 1. The molecule has 2 aromatic rings. The van der Waals surface area contributed by atoms with Gasteiger partial charge >= 0.3 is 5.97 Å². The normalized spacial score (nSPS) is 10.9. The van der Waals surface area contributed by atoms with Crippen molar-refractivity contribution in [2.24, 2.45) is 0 Å². The molecule has 0 unspecified atom stereocenters. The Hall–Kier alpha value is -2.01. The predicted octanol–water partition coefficient (Wildman–Crippen LogP) is 2.78. The maximum atomic E-state index is 12.5. The average molecular weight is 309 g/mol. The van der Waals surface area contributed by atoms with Gasteiger partial charge in [0.05, 0.1) is 0 Å². The van der Waals surface area contributed by atoms with Gasteiger partial charge < -0.3 is 14.6 Å². The Bertz CT molecular complexity index is 721. The van der Waals surface area contributed by atoms with Crippen LogP contribution < -0.4 is 0 Å². The Balaban J connectivity index is 2.60. The summed E-state index contributed by atoms with van der Waals surface area (Å²) in [6.07, 6.45) is 0. The number of aliphatic carboxylic acids is 1. The molecule has 0 fully saturated rings. The van der Waals surface area contributed by atoms with Gasteiger partial charge in [-0.2, -0.15) is 0 Å². The lowest BCUT2D eigenvalue weighted by Gasteiger charge is -2.16. The van der Waals surface area contributed by atoms with E-state index in [0.29, 0.717) is 17.3 Å². The standard InChI is InChI=1S/C15H17ClN2O3/c1-4-18-12-6-5-10(16)7-11(12)9(2)14(18)15(21)17(3)8-13(19)20/h5-7H,4,8H2,1-3H3,(H,19,20). The number of carboxylic acid groups (broad SMARTS) is 1. The topological polar surface area (TPSA) is 62.5 Å². The van der Waals surface area contributed by atoms with Crippen LogP contribution in [0.25, 0.3) is 10.9 Å². The van der Waals surface area contributed by atoms with Gasteiger partial charge in [-0.1, -0.05) is 11.6 Å². The Kier molecular flexibility index (Phi) is 4.23. The number of hydrogen-bond acceptors (Lipinski definition) is 2. The summed E-state index contributed by atoms with van der Waals surface area (Å²) in [5, 5.41) is 10.4. The first-order valence-electron chi connectivity index (χ1n) is 6.62. The Morgan fingerprint density at radius 3 is 2.62 bits per heavy atom. The highest BCUT2D eigenvalue weighted by Crippen LogP contribution is 2.29. The van der Waals surface area contributed by atoms with Crippen LogP contribution in [-0.4, -0.2) is 40.0 Å². The van der Waals surface area contributed by atoms with E-state index >= 15 is 0 Å². The van der Waals surface area contributed by atoms with Crippen LogP contribution >= 0.6 is 11.6 Å². The molecule has 0 aliphatic heterocycles. The SMILES string of the molecule is CCn1c(C(=O)N(C)CC(=O)O)c(C)c2cc(Cl)ccc21. The van der Waals surface area contributed by atoms with Crippen molar-refractivity contribution in [3.8, 4) is 0 Å². The van der Waals surface area contributed by atoms with Crippen LogP contribution in [-0.2, 0) is 11.3 Å². The van der Waals surface area contributed by atoms with Crippen LogP contribution in [0.1, 0.15) is 23.0 Å².